The molecule has 0 aliphatic carbocycles. The van der Waals surface area contributed by atoms with Crippen LogP contribution in [0.4, 0.5) is 5.95 Å². The van der Waals surface area contributed by atoms with E-state index >= 15 is 0 Å². The van der Waals surface area contributed by atoms with Crippen LogP contribution in [0.25, 0.3) is 11.0 Å². The normalized spacial score (nSPS) is 10.4. The van der Waals surface area contributed by atoms with Crippen LogP contribution in [0.1, 0.15) is 13.3 Å². The number of imidazole rings is 1. The maximum atomic E-state index is 11.3. The summed E-state index contributed by atoms with van der Waals surface area (Å²) >= 11 is 0. The van der Waals surface area contributed by atoms with Crippen LogP contribution in [-0.2, 0) is 9.59 Å². The Hall–Kier alpha value is -2.37. The van der Waals surface area contributed by atoms with Gasteiger partial charge in [-0.05, 0) is 19.1 Å². The fraction of sp³-hybridized carbons (Fsp3) is 0.182. The van der Waals surface area contributed by atoms with Crippen molar-refractivity contribution in [2.45, 2.75) is 13.3 Å². The Morgan fingerprint density at radius 1 is 1.47 bits per heavy atom. The van der Waals surface area contributed by atoms with Crippen LogP contribution >= 0.6 is 0 Å². The number of H-pyrrole nitrogens is 1. The molecule has 3 N–H and O–H groups in total. The van der Waals surface area contributed by atoms with Crippen molar-refractivity contribution in [2.24, 2.45) is 0 Å². The van der Waals surface area contributed by atoms with E-state index in [9.17, 15) is 14.7 Å². The van der Waals surface area contributed by atoms with Gasteiger partial charge >= 0.3 is 0 Å². The van der Waals surface area contributed by atoms with Gasteiger partial charge in [0.1, 0.15) is 11.5 Å². The minimum Gasteiger partial charge on any atom is -0.508 e. The number of Topliss-reactive ketones (excluding diaryl/α,β-unsaturated/α-hetero) is 1. The van der Waals surface area contributed by atoms with Crippen molar-refractivity contribution in [2.75, 3.05) is 5.32 Å². The van der Waals surface area contributed by atoms with Crippen molar-refractivity contribution in [3.8, 4) is 5.75 Å². The third-order valence-electron chi connectivity index (χ3n) is 2.13. The molecule has 0 saturated carbocycles. The zero-order valence-electron chi connectivity index (χ0n) is 9.15. The number of hydrogen-bond acceptors (Lipinski definition) is 4. The molecule has 0 saturated heterocycles. The van der Waals surface area contributed by atoms with Gasteiger partial charge in [-0.3, -0.25) is 14.9 Å². The van der Waals surface area contributed by atoms with E-state index in [-0.39, 0.29) is 23.9 Å². The van der Waals surface area contributed by atoms with Crippen LogP contribution in [0, 0.1) is 0 Å². The van der Waals surface area contributed by atoms with Crippen LogP contribution < -0.4 is 5.32 Å². The molecule has 0 radical (unpaired) electrons. The number of nitrogens with zero attached hydrogens (tertiary/aromatic N) is 1. The highest BCUT2D eigenvalue weighted by atomic mass is 16.3. The lowest BCUT2D eigenvalue weighted by molar-refractivity contribution is -0.124. The van der Waals surface area contributed by atoms with E-state index in [1.54, 1.807) is 6.07 Å². The molecule has 0 spiro atoms. The molecule has 88 valence electrons. The highest BCUT2D eigenvalue weighted by Crippen LogP contribution is 2.19. The Labute approximate surface area is 96.7 Å². The summed E-state index contributed by atoms with van der Waals surface area (Å²) in [5.41, 5.74) is 1.24. The summed E-state index contributed by atoms with van der Waals surface area (Å²) in [6.45, 7) is 1.34. The van der Waals surface area contributed by atoms with Gasteiger partial charge in [-0.25, -0.2) is 4.98 Å². The molecular formula is C11H11N3O3. The summed E-state index contributed by atoms with van der Waals surface area (Å²) in [5.74, 6) is -0.253. The maximum Gasteiger partial charge on any atom is 0.234 e. The number of carbonyl (C=O) groups is 2. The van der Waals surface area contributed by atoms with Crippen molar-refractivity contribution >= 4 is 28.7 Å². The van der Waals surface area contributed by atoms with Crippen LogP contribution in [0.5, 0.6) is 5.75 Å². The summed E-state index contributed by atoms with van der Waals surface area (Å²) in [6, 6.07) is 4.63. The predicted molar refractivity (Wildman–Crippen MR) is 61.7 cm³/mol. The average Bonchev–Trinajstić information content (AvgIpc) is 2.57. The SMILES string of the molecule is CC(=O)CC(=O)Nc1nc2ccc(O)cc2[nH]1. The Balaban J connectivity index is 2.19. The van der Waals surface area contributed by atoms with Crippen molar-refractivity contribution < 1.29 is 14.7 Å². The predicted octanol–water partition coefficient (Wildman–Crippen LogP) is 1.19. The number of nitrogens with one attached hydrogen (secondary N) is 2. The Morgan fingerprint density at radius 2 is 2.24 bits per heavy atom. The number of amides is 1. The number of hydrogen-bond donors (Lipinski definition) is 3. The second kappa shape index (κ2) is 4.25. The quantitative estimate of drug-likeness (QED) is 0.694. The number of rotatable bonds is 3. The highest BCUT2D eigenvalue weighted by molar-refractivity contribution is 6.03. The molecule has 0 aliphatic heterocycles. The molecule has 6 nitrogen and oxygen atoms in total. The first kappa shape index (κ1) is 11.1. The number of phenolic OH excluding ortho intramolecular Hbond substituents is 1. The topological polar surface area (TPSA) is 95.1 Å². The largest absolute Gasteiger partial charge is 0.508 e. The Kier molecular flexibility index (Phi) is 2.78. The lowest BCUT2D eigenvalue weighted by atomic mass is 10.3. The fourth-order valence-corrected chi connectivity index (χ4v) is 1.46. The highest BCUT2D eigenvalue weighted by Gasteiger charge is 2.09. The number of anilines is 1. The molecule has 0 atom stereocenters. The number of aromatic amines is 1. The van der Waals surface area contributed by atoms with Gasteiger partial charge in [0.15, 0.2) is 0 Å². The van der Waals surface area contributed by atoms with Gasteiger partial charge < -0.3 is 10.1 Å². The van der Waals surface area contributed by atoms with Gasteiger partial charge in [0, 0.05) is 6.07 Å². The standard InChI is InChI=1S/C11H11N3O3/c1-6(15)4-10(17)14-11-12-8-3-2-7(16)5-9(8)13-11/h2-3,5,16H,4H2,1H3,(H2,12,13,14,17). The van der Waals surface area contributed by atoms with E-state index in [2.05, 4.69) is 15.3 Å². The average molecular weight is 233 g/mol. The molecular weight excluding hydrogens is 222 g/mol. The molecule has 1 aromatic heterocycles. The first-order valence-electron chi connectivity index (χ1n) is 5.02. The number of ketones is 1. The number of aromatic hydroxyl groups is 1. The Bertz CT molecular complexity index is 589. The van der Waals surface area contributed by atoms with Gasteiger partial charge in [0.05, 0.1) is 17.5 Å². The summed E-state index contributed by atoms with van der Waals surface area (Å²) in [5, 5.41) is 11.7. The lowest BCUT2D eigenvalue weighted by Crippen LogP contribution is -2.15. The first-order valence-corrected chi connectivity index (χ1v) is 5.02. The molecule has 1 amide bonds. The molecule has 0 fully saturated rings. The number of phenols is 1. The molecule has 2 rings (SSSR count). The third-order valence-corrected chi connectivity index (χ3v) is 2.13. The number of fused-ring (bicyclic) bond motifs is 1. The van der Waals surface area contributed by atoms with E-state index in [0.29, 0.717) is 11.0 Å². The van der Waals surface area contributed by atoms with Gasteiger partial charge in [-0.2, -0.15) is 0 Å². The molecule has 0 bridgehead atoms. The lowest BCUT2D eigenvalue weighted by Gasteiger charge is -1.97. The second-order valence-electron chi connectivity index (χ2n) is 3.71. The van der Waals surface area contributed by atoms with Crippen LogP contribution in [0.3, 0.4) is 0 Å². The summed E-state index contributed by atoms with van der Waals surface area (Å²) in [6.07, 6.45) is -0.178. The molecule has 17 heavy (non-hydrogen) atoms. The van der Waals surface area contributed by atoms with Crippen LogP contribution in [-0.4, -0.2) is 26.8 Å². The fourth-order valence-electron chi connectivity index (χ4n) is 1.46. The minimum atomic E-state index is -0.416. The number of benzene rings is 1. The van der Waals surface area contributed by atoms with Crippen molar-refractivity contribution in [3.63, 3.8) is 0 Å². The zero-order valence-corrected chi connectivity index (χ0v) is 9.15. The maximum absolute atomic E-state index is 11.3. The minimum absolute atomic E-state index is 0.114. The molecule has 0 unspecified atom stereocenters. The second-order valence-corrected chi connectivity index (χ2v) is 3.71. The summed E-state index contributed by atoms with van der Waals surface area (Å²) in [4.78, 5) is 29.0. The van der Waals surface area contributed by atoms with E-state index in [1.807, 2.05) is 0 Å². The van der Waals surface area contributed by atoms with Gasteiger partial charge in [-0.15, -0.1) is 0 Å². The van der Waals surface area contributed by atoms with E-state index in [1.165, 1.54) is 19.1 Å². The first-order chi connectivity index (χ1) is 8.04. The molecule has 1 heterocycles. The summed E-state index contributed by atoms with van der Waals surface area (Å²) in [7, 11) is 0. The van der Waals surface area contributed by atoms with Crippen LogP contribution in [0.2, 0.25) is 0 Å². The molecule has 1 aromatic carbocycles. The zero-order chi connectivity index (χ0) is 12.4. The van der Waals surface area contributed by atoms with Gasteiger partial charge in [0.25, 0.3) is 0 Å². The molecule has 6 heteroatoms. The smallest absolute Gasteiger partial charge is 0.234 e. The third kappa shape index (κ3) is 2.60. The van der Waals surface area contributed by atoms with E-state index in [0.717, 1.165) is 0 Å². The van der Waals surface area contributed by atoms with Gasteiger partial charge in [0.2, 0.25) is 11.9 Å². The van der Waals surface area contributed by atoms with Crippen LogP contribution in [0.15, 0.2) is 18.2 Å². The number of aromatic nitrogens is 2. The molecule has 0 aliphatic rings. The van der Waals surface area contributed by atoms with Gasteiger partial charge in [-0.1, -0.05) is 0 Å². The van der Waals surface area contributed by atoms with Crippen molar-refractivity contribution in [1.82, 2.24) is 9.97 Å². The Morgan fingerprint density at radius 3 is 2.94 bits per heavy atom. The monoisotopic (exact) mass is 233 g/mol. The summed E-state index contributed by atoms with van der Waals surface area (Å²) < 4.78 is 0. The van der Waals surface area contributed by atoms with E-state index in [4.69, 9.17) is 0 Å². The molecule has 2 aromatic rings. The number of carbonyl (C=O) groups excluding carboxylic acids is 2. The van der Waals surface area contributed by atoms with Crippen molar-refractivity contribution in [3.05, 3.63) is 18.2 Å². The van der Waals surface area contributed by atoms with Crippen molar-refractivity contribution in [1.29, 1.82) is 0 Å². The van der Waals surface area contributed by atoms with E-state index < -0.39 is 5.91 Å².